The molecule has 0 spiro atoms. The van der Waals surface area contributed by atoms with Crippen molar-refractivity contribution in [3.63, 3.8) is 0 Å². The van der Waals surface area contributed by atoms with Crippen molar-refractivity contribution in [2.24, 2.45) is 5.92 Å². The molecule has 0 unspecified atom stereocenters. The van der Waals surface area contributed by atoms with Gasteiger partial charge in [-0.15, -0.1) is 0 Å². The molecule has 0 atom stereocenters. The Kier molecular flexibility index (Phi) is 6.02. The largest absolute Gasteiger partial charge is 0.439 e. The third kappa shape index (κ3) is 4.58. The summed E-state index contributed by atoms with van der Waals surface area (Å²) in [6.45, 7) is 9.15. The number of aromatic amines is 1. The first-order valence-corrected chi connectivity index (χ1v) is 9.54. The molecule has 1 amide bonds. The van der Waals surface area contributed by atoms with Crippen LogP contribution in [0.2, 0.25) is 0 Å². The van der Waals surface area contributed by atoms with E-state index in [0.717, 1.165) is 23.5 Å². The van der Waals surface area contributed by atoms with Crippen LogP contribution in [0, 0.1) is 31.1 Å². The van der Waals surface area contributed by atoms with Crippen molar-refractivity contribution in [1.29, 1.82) is 5.26 Å². The highest BCUT2D eigenvalue weighted by atomic mass is 16.5. The summed E-state index contributed by atoms with van der Waals surface area (Å²) in [6.07, 6.45) is 1.60. The van der Waals surface area contributed by atoms with Gasteiger partial charge in [0.2, 0.25) is 0 Å². The number of hydrogen-bond donors (Lipinski definition) is 2. The Hall–Kier alpha value is -3.86. The lowest BCUT2D eigenvalue weighted by Crippen LogP contribution is -2.13. The number of amides is 1. The van der Waals surface area contributed by atoms with E-state index in [9.17, 15) is 14.9 Å². The highest BCUT2D eigenvalue weighted by Crippen LogP contribution is 2.22. The van der Waals surface area contributed by atoms with Gasteiger partial charge in [0, 0.05) is 29.2 Å². The minimum absolute atomic E-state index is 0.0000399. The van der Waals surface area contributed by atoms with E-state index in [1.807, 2.05) is 26.0 Å². The van der Waals surface area contributed by atoms with Gasteiger partial charge in [0.05, 0.1) is 0 Å². The van der Waals surface area contributed by atoms with Crippen LogP contribution in [-0.4, -0.2) is 20.6 Å². The van der Waals surface area contributed by atoms with Crippen molar-refractivity contribution >= 4 is 17.7 Å². The summed E-state index contributed by atoms with van der Waals surface area (Å²) in [5, 5.41) is 15.9. The molecule has 3 aromatic rings. The molecule has 0 bridgehead atoms. The molecule has 0 saturated carbocycles. The van der Waals surface area contributed by atoms with Gasteiger partial charge in [0.1, 0.15) is 11.6 Å². The summed E-state index contributed by atoms with van der Waals surface area (Å²) < 4.78 is 6.69. The number of nitrogens with zero attached hydrogens (tertiary/aromatic N) is 3. The Morgan fingerprint density at radius 3 is 2.77 bits per heavy atom. The number of anilines is 1. The van der Waals surface area contributed by atoms with Gasteiger partial charge in [-0.2, -0.15) is 5.26 Å². The lowest BCUT2D eigenvalue weighted by molar-refractivity contribution is -0.112. The number of carbonyl (C=O) groups is 1. The number of benzene rings is 1. The molecule has 8 heteroatoms. The first kappa shape index (κ1) is 20.9. The van der Waals surface area contributed by atoms with Gasteiger partial charge < -0.3 is 9.88 Å². The summed E-state index contributed by atoms with van der Waals surface area (Å²) in [6, 6.07) is 10.7. The van der Waals surface area contributed by atoms with Crippen LogP contribution >= 0.6 is 0 Å². The SMILES string of the molecule is Cc1cc(/C=C(\C#N)C(=O)Nc2cccc(-c3noc(=O)[nH]3)c2)c(C)n1CC(C)C. The monoisotopic (exact) mass is 405 g/mol. The lowest BCUT2D eigenvalue weighted by atomic mass is 10.1. The molecule has 3 rings (SSSR count). The highest BCUT2D eigenvalue weighted by Gasteiger charge is 2.14. The van der Waals surface area contributed by atoms with Gasteiger partial charge in [-0.1, -0.05) is 31.1 Å². The van der Waals surface area contributed by atoms with Crippen molar-refractivity contribution in [3.05, 3.63) is 63.4 Å². The molecule has 0 aliphatic carbocycles. The number of carbonyl (C=O) groups excluding carboxylic acids is 1. The van der Waals surface area contributed by atoms with Crippen LogP contribution < -0.4 is 11.1 Å². The summed E-state index contributed by atoms with van der Waals surface area (Å²) in [5.41, 5.74) is 3.97. The number of nitrogens with one attached hydrogen (secondary N) is 2. The number of H-pyrrole nitrogens is 1. The molecular weight excluding hydrogens is 382 g/mol. The maximum absolute atomic E-state index is 12.7. The fourth-order valence-electron chi connectivity index (χ4n) is 3.22. The Labute approximate surface area is 173 Å². The Bertz CT molecular complexity index is 1200. The van der Waals surface area contributed by atoms with E-state index in [1.54, 1.807) is 30.3 Å². The van der Waals surface area contributed by atoms with E-state index in [2.05, 4.69) is 38.4 Å². The summed E-state index contributed by atoms with van der Waals surface area (Å²) in [7, 11) is 0. The smallest absolute Gasteiger partial charge is 0.348 e. The van der Waals surface area contributed by atoms with Gasteiger partial charge in [-0.25, -0.2) is 4.79 Å². The summed E-state index contributed by atoms with van der Waals surface area (Å²) >= 11 is 0. The zero-order chi connectivity index (χ0) is 21.8. The second kappa shape index (κ2) is 8.66. The number of aromatic nitrogens is 3. The summed E-state index contributed by atoms with van der Waals surface area (Å²) in [4.78, 5) is 26.3. The maximum Gasteiger partial charge on any atom is 0.439 e. The van der Waals surface area contributed by atoms with E-state index in [0.29, 0.717) is 17.2 Å². The summed E-state index contributed by atoms with van der Waals surface area (Å²) in [5.74, 6) is -0.441. The van der Waals surface area contributed by atoms with Crippen molar-refractivity contribution in [2.75, 3.05) is 5.32 Å². The average Bonchev–Trinajstić information content (AvgIpc) is 3.24. The molecule has 8 nitrogen and oxygen atoms in total. The van der Waals surface area contributed by atoms with Gasteiger partial charge in [-0.05, 0) is 49.6 Å². The Morgan fingerprint density at radius 1 is 1.37 bits per heavy atom. The first-order valence-electron chi connectivity index (χ1n) is 9.54. The van der Waals surface area contributed by atoms with Crippen LogP contribution in [0.15, 0.2) is 45.2 Å². The van der Waals surface area contributed by atoms with E-state index in [1.165, 1.54) is 0 Å². The normalized spacial score (nSPS) is 11.5. The zero-order valence-corrected chi connectivity index (χ0v) is 17.3. The molecule has 0 aliphatic rings. The van der Waals surface area contributed by atoms with E-state index < -0.39 is 11.7 Å². The number of rotatable bonds is 6. The van der Waals surface area contributed by atoms with Crippen LogP contribution in [0.4, 0.5) is 5.69 Å². The maximum atomic E-state index is 12.7. The fraction of sp³-hybridized carbons (Fsp3) is 0.273. The molecule has 0 aliphatic heterocycles. The molecule has 30 heavy (non-hydrogen) atoms. The number of nitriles is 1. The molecule has 2 aromatic heterocycles. The van der Waals surface area contributed by atoms with Crippen molar-refractivity contribution in [3.8, 4) is 17.5 Å². The predicted molar refractivity (Wildman–Crippen MR) is 114 cm³/mol. The lowest BCUT2D eigenvalue weighted by Gasteiger charge is -2.12. The topological polar surface area (TPSA) is 117 Å². The van der Waals surface area contributed by atoms with Crippen molar-refractivity contribution < 1.29 is 9.32 Å². The molecule has 2 N–H and O–H groups in total. The van der Waals surface area contributed by atoms with Crippen LogP contribution in [0.5, 0.6) is 0 Å². The van der Waals surface area contributed by atoms with Gasteiger partial charge in [-0.3, -0.25) is 14.3 Å². The fourth-order valence-corrected chi connectivity index (χ4v) is 3.22. The van der Waals surface area contributed by atoms with Gasteiger partial charge in [0.15, 0.2) is 5.82 Å². The minimum Gasteiger partial charge on any atom is -0.348 e. The molecule has 0 saturated heterocycles. The third-order valence-corrected chi connectivity index (χ3v) is 4.66. The molecule has 2 heterocycles. The van der Waals surface area contributed by atoms with Crippen molar-refractivity contribution in [2.45, 2.75) is 34.2 Å². The second-order valence-corrected chi connectivity index (χ2v) is 7.48. The molecule has 0 radical (unpaired) electrons. The zero-order valence-electron chi connectivity index (χ0n) is 17.3. The van der Waals surface area contributed by atoms with E-state index >= 15 is 0 Å². The van der Waals surface area contributed by atoms with Gasteiger partial charge in [0.25, 0.3) is 5.91 Å². The highest BCUT2D eigenvalue weighted by molar-refractivity contribution is 6.09. The standard InChI is InChI=1S/C22H23N5O3/c1-13(2)12-27-14(3)8-17(15(27)4)9-18(11-23)21(28)24-19-7-5-6-16(10-19)20-25-22(29)30-26-20/h5-10,13H,12H2,1-4H3,(H,24,28)(H,25,26,29)/b18-9+. The number of aryl methyl sites for hydroxylation is 1. The molecule has 0 fully saturated rings. The van der Waals surface area contributed by atoms with Crippen LogP contribution in [0.3, 0.4) is 0 Å². The molecule has 1 aromatic carbocycles. The second-order valence-electron chi connectivity index (χ2n) is 7.48. The van der Waals surface area contributed by atoms with Gasteiger partial charge >= 0.3 is 5.76 Å². The van der Waals surface area contributed by atoms with Crippen LogP contribution in [0.25, 0.3) is 17.5 Å². The molecule has 154 valence electrons. The average molecular weight is 405 g/mol. The molecular formula is C22H23N5O3. The Balaban J connectivity index is 1.84. The number of hydrogen-bond acceptors (Lipinski definition) is 5. The van der Waals surface area contributed by atoms with Crippen molar-refractivity contribution in [1.82, 2.24) is 14.7 Å². The third-order valence-electron chi connectivity index (χ3n) is 4.66. The first-order chi connectivity index (χ1) is 14.3. The van der Waals surface area contributed by atoms with E-state index in [4.69, 9.17) is 0 Å². The Morgan fingerprint density at radius 2 is 2.13 bits per heavy atom. The quantitative estimate of drug-likeness (QED) is 0.479. The van der Waals surface area contributed by atoms with Crippen LogP contribution in [0.1, 0.15) is 30.8 Å². The predicted octanol–water partition coefficient (Wildman–Crippen LogP) is 3.65. The minimum atomic E-state index is -0.663. The van der Waals surface area contributed by atoms with E-state index in [-0.39, 0.29) is 11.4 Å². The van der Waals surface area contributed by atoms with Crippen LogP contribution in [-0.2, 0) is 11.3 Å².